The number of hydrogen-bond donors (Lipinski definition) is 1. The van der Waals surface area contributed by atoms with Crippen LogP contribution in [0.25, 0.3) is 0 Å². The van der Waals surface area contributed by atoms with Gasteiger partial charge >= 0.3 is 0 Å². The van der Waals surface area contributed by atoms with Crippen LogP contribution in [0.5, 0.6) is 0 Å². The van der Waals surface area contributed by atoms with Crippen LogP contribution < -0.4 is 5.32 Å². The zero-order valence-corrected chi connectivity index (χ0v) is 16.0. The Morgan fingerprint density at radius 1 is 1.36 bits per heavy atom. The summed E-state index contributed by atoms with van der Waals surface area (Å²) in [6, 6.07) is 7.04. The smallest absolute Gasteiger partial charge is 0.251 e. The monoisotopic (exact) mass is 422 g/mol. The van der Waals surface area contributed by atoms with E-state index in [1.54, 1.807) is 28.8 Å². The summed E-state index contributed by atoms with van der Waals surface area (Å²) in [5.74, 6) is -0.00246. The first-order chi connectivity index (χ1) is 11.9. The van der Waals surface area contributed by atoms with Gasteiger partial charge in [0.25, 0.3) is 5.91 Å². The highest BCUT2D eigenvalue weighted by atomic mass is 79.9. The first-order valence-electron chi connectivity index (χ1n) is 7.59. The molecule has 0 aliphatic rings. The zero-order chi connectivity index (χ0) is 18.0. The average molecular weight is 424 g/mol. The third kappa shape index (κ3) is 4.08. The van der Waals surface area contributed by atoms with Gasteiger partial charge in [-0.25, -0.2) is 9.67 Å². The minimum Gasteiger partial charge on any atom is -0.291 e. The minimum absolute atomic E-state index is 0.242. The normalized spacial score (nSPS) is 12.2. The Bertz CT molecular complexity index is 886. The van der Waals surface area contributed by atoms with Crippen LogP contribution in [0.2, 0.25) is 5.02 Å². The summed E-state index contributed by atoms with van der Waals surface area (Å²) in [5, 5.41) is 11.9. The number of hydrogen-bond acceptors (Lipinski definition) is 4. The van der Waals surface area contributed by atoms with Gasteiger partial charge in [0.2, 0.25) is 5.95 Å². The Kier molecular flexibility index (Phi) is 5.19. The lowest BCUT2D eigenvalue weighted by Gasteiger charge is -2.10. The number of anilines is 1. The third-order valence-corrected chi connectivity index (χ3v) is 4.84. The van der Waals surface area contributed by atoms with Crippen molar-refractivity contribution in [3.05, 3.63) is 57.5 Å². The van der Waals surface area contributed by atoms with Crippen molar-refractivity contribution in [1.29, 1.82) is 0 Å². The lowest BCUT2D eigenvalue weighted by Crippen LogP contribution is -2.24. The van der Waals surface area contributed by atoms with E-state index in [0.29, 0.717) is 11.6 Å². The molecule has 0 fully saturated rings. The maximum atomic E-state index is 12.4. The van der Waals surface area contributed by atoms with Gasteiger partial charge in [-0.05, 0) is 41.4 Å². The molecule has 7 nitrogen and oxygen atoms in total. The molecule has 130 valence electrons. The lowest BCUT2D eigenvalue weighted by molar-refractivity contribution is -0.119. The van der Waals surface area contributed by atoms with Gasteiger partial charge in [-0.15, -0.1) is 5.10 Å². The summed E-state index contributed by atoms with van der Waals surface area (Å²) in [6.07, 6.45) is 3.32. The Hall–Kier alpha value is -2.19. The molecule has 25 heavy (non-hydrogen) atoms. The van der Waals surface area contributed by atoms with Crippen molar-refractivity contribution in [3.63, 3.8) is 0 Å². The summed E-state index contributed by atoms with van der Waals surface area (Å²) in [7, 11) is 0. The number of aryl methyl sites for hydroxylation is 1. The quantitative estimate of drug-likeness (QED) is 0.682. The van der Waals surface area contributed by atoms with Gasteiger partial charge in [0, 0.05) is 11.2 Å². The van der Waals surface area contributed by atoms with Crippen LogP contribution in [-0.2, 0) is 11.3 Å². The predicted octanol–water partition coefficient (Wildman–Crippen LogP) is 3.45. The van der Waals surface area contributed by atoms with Crippen LogP contribution >= 0.6 is 27.5 Å². The molecule has 3 rings (SSSR count). The molecule has 0 radical (unpaired) electrons. The molecule has 0 bridgehead atoms. The van der Waals surface area contributed by atoms with Crippen LogP contribution in [0.3, 0.4) is 0 Å². The molecule has 1 atom stereocenters. The molecule has 0 saturated heterocycles. The van der Waals surface area contributed by atoms with E-state index in [1.165, 1.54) is 0 Å². The maximum absolute atomic E-state index is 12.4. The van der Waals surface area contributed by atoms with E-state index in [4.69, 9.17) is 11.6 Å². The Morgan fingerprint density at radius 3 is 2.80 bits per heavy atom. The Balaban J connectivity index is 1.66. The number of nitrogens with zero attached hydrogens (tertiary/aromatic N) is 5. The van der Waals surface area contributed by atoms with E-state index < -0.39 is 6.04 Å². The molecule has 1 aromatic carbocycles. The summed E-state index contributed by atoms with van der Waals surface area (Å²) in [5.41, 5.74) is 1.75. The van der Waals surface area contributed by atoms with Gasteiger partial charge in [-0.1, -0.05) is 29.8 Å². The van der Waals surface area contributed by atoms with E-state index in [0.717, 1.165) is 15.7 Å². The van der Waals surface area contributed by atoms with E-state index in [2.05, 4.69) is 36.4 Å². The molecular formula is C16H16BrClN6O. The molecule has 9 heteroatoms. The molecule has 0 spiro atoms. The standard InChI is InChI=1S/C16H16BrClN6O/c1-10-13(17)8-24(21-10)11(2)15(25)20-16-19-9-23(22-16)7-12-5-3-4-6-14(12)18/h3-6,8-9,11H,7H2,1-2H3,(H,20,22,25). The molecule has 0 saturated carbocycles. The van der Waals surface area contributed by atoms with E-state index in [-0.39, 0.29) is 11.9 Å². The summed E-state index contributed by atoms with van der Waals surface area (Å²) < 4.78 is 4.07. The first-order valence-corrected chi connectivity index (χ1v) is 8.76. The molecular weight excluding hydrogens is 408 g/mol. The number of rotatable bonds is 5. The Morgan fingerprint density at radius 2 is 2.12 bits per heavy atom. The highest BCUT2D eigenvalue weighted by molar-refractivity contribution is 9.10. The summed E-state index contributed by atoms with van der Waals surface area (Å²) >= 11 is 9.53. The highest BCUT2D eigenvalue weighted by Gasteiger charge is 2.18. The lowest BCUT2D eigenvalue weighted by atomic mass is 10.2. The van der Waals surface area contributed by atoms with Gasteiger partial charge in [0.05, 0.1) is 16.7 Å². The van der Waals surface area contributed by atoms with Crippen LogP contribution in [0.1, 0.15) is 24.2 Å². The summed E-state index contributed by atoms with van der Waals surface area (Å²) in [6.45, 7) is 4.10. The second-order valence-electron chi connectivity index (χ2n) is 5.56. The number of aromatic nitrogens is 5. The molecule has 0 aliphatic carbocycles. The van der Waals surface area contributed by atoms with Crippen molar-refractivity contribution in [2.24, 2.45) is 0 Å². The van der Waals surface area contributed by atoms with Crippen molar-refractivity contribution in [3.8, 4) is 0 Å². The second kappa shape index (κ2) is 7.37. The minimum atomic E-state index is -0.486. The van der Waals surface area contributed by atoms with E-state index >= 15 is 0 Å². The molecule has 1 unspecified atom stereocenters. The van der Waals surface area contributed by atoms with Crippen molar-refractivity contribution < 1.29 is 4.79 Å². The molecule has 0 aliphatic heterocycles. The zero-order valence-electron chi connectivity index (χ0n) is 13.6. The van der Waals surface area contributed by atoms with Gasteiger partial charge in [-0.3, -0.25) is 14.8 Å². The van der Waals surface area contributed by atoms with Crippen LogP contribution in [-0.4, -0.2) is 30.5 Å². The van der Waals surface area contributed by atoms with Gasteiger partial charge in [-0.2, -0.15) is 5.10 Å². The highest BCUT2D eigenvalue weighted by Crippen LogP contribution is 2.18. The topological polar surface area (TPSA) is 77.6 Å². The fourth-order valence-corrected chi connectivity index (χ4v) is 2.71. The number of carbonyl (C=O) groups is 1. The van der Waals surface area contributed by atoms with E-state index in [1.807, 2.05) is 31.2 Å². The van der Waals surface area contributed by atoms with Crippen LogP contribution in [0.4, 0.5) is 5.95 Å². The number of amides is 1. The third-order valence-electron chi connectivity index (χ3n) is 3.69. The predicted molar refractivity (Wildman–Crippen MR) is 98.6 cm³/mol. The SMILES string of the molecule is Cc1nn(C(C)C(=O)Nc2ncn(Cc3ccccc3Cl)n2)cc1Br. The second-order valence-corrected chi connectivity index (χ2v) is 6.83. The van der Waals surface area contributed by atoms with Crippen LogP contribution in [0, 0.1) is 6.92 Å². The fourth-order valence-electron chi connectivity index (χ4n) is 2.22. The number of nitrogens with one attached hydrogen (secondary N) is 1. The largest absolute Gasteiger partial charge is 0.291 e. The number of halogens is 2. The Labute approximate surface area is 158 Å². The first kappa shape index (κ1) is 17.6. The van der Waals surface area contributed by atoms with Crippen molar-refractivity contribution in [2.45, 2.75) is 26.4 Å². The molecule has 2 heterocycles. The number of benzene rings is 1. The van der Waals surface area contributed by atoms with Crippen LogP contribution in [0.15, 0.2) is 41.3 Å². The molecule has 1 amide bonds. The maximum Gasteiger partial charge on any atom is 0.251 e. The number of carbonyl (C=O) groups excluding carboxylic acids is 1. The van der Waals surface area contributed by atoms with Gasteiger partial charge in [0.15, 0.2) is 0 Å². The average Bonchev–Trinajstić information content (AvgIpc) is 3.15. The van der Waals surface area contributed by atoms with Crippen molar-refractivity contribution in [2.75, 3.05) is 5.32 Å². The van der Waals surface area contributed by atoms with Gasteiger partial charge in [0.1, 0.15) is 12.4 Å². The molecule has 1 N–H and O–H groups in total. The molecule has 2 aromatic heterocycles. The van der Waals surface area contributed by atoms with Gasteiger partial charge < -0.3 is 0 Å². The van der Waals surface area contributed by atoms with Crippen molar-refractivity contribution in [1.82, 2.24) is 24.5 Å². The van der Waals surface area contributed by atoms with Crippen molar-refractivity contribution >= 4 is 39.4 Å². The van der Waals surface area contributed by atoms with E-state index in [9.17, 15) is 4.79 Å². The summed E-state index contributed by atoms with van der Waals surface area (Å²) in [4.78, 5) is 16.5. The molecule has 3 aromatic rings. The fraction of sp³-hybridized carbons (Fsp3) is 0.250.